The van der Waals surface area contributed by atoms with Gasteiger partial charge in [0.2, 0.25) is 0 Å². The molecule has 13 heteroatoms. The van der Waals surface area contributed by atoms with Crippen molar-refractivity contribution >= 4 is 34.8 Å². The Morgan fingerprint density at radius 3 is 2.38 bits per heavy atom. The third-order valence-corrected chi connectivity index (χ3v) is 12.6. The smallest absolute Gasteiger partial charge is 0.410 e. The predicted molar refractivity (Wildman–Crippen MR) is 206 cm³/mol. The molecule has 5 rings (SSSR count). The molecule has 3 fully saturated rings. The predicted octanol–water partition coefficient (Wildman–Crippen LogP) is 6.38. The van der Waals surface area contributed by atoms with Gasteiger partial charge in [-0.05, 0) is 82.8 Å². The number of pyridine rings is 1. The summed E-state index contributed by atoms with van der Waals surface area (Å²) in [5.41, 5.74) is 0.253. The first-order valence-electron chi connectivity index (χ1n) is 20.5. The molecule has 3 aliphatic heterocycles. The monoisotopic (exact) mass is 768 g/mol. The van der Waals surface area contributed by atoms with Gasteiger partial charge in [-0.25, -0.2) is 14.8 Å². The summed E-state index contributed by atoms with van der Waals surface area (Å²) in [6.45, 7) is 19.7. The highest BCUT2D eigenvalue weighted by molar-refractivity contribution is 6.00. The van der Waals surface area contributed by atoms with Gasteiger partial charge in [-0.1, -0.05) is 54.9 Å². The van der Waals surface area contributed by atoms with Crippen LogP contribution in [0.4, 0.5) is 4.79 Å². The van der Waals surface area contributed by atoms with Crippen molar-refractivity contribution in [2.75, 3.05) is 6.54 Å². The fourth-order valence-corrected chi connectivity index (χ4v) is 9.44. The van der Waals surface area contributed by atoms with E-state index in [4.69, 9.17) is 18.9 Å². The number of imidazole rings is 1. The van der Waals surface area contributed by atoms with Gasteiger partial charge in [-0.3, -0.25) is 14.4 Å². The molecule has 2 aromatic rings. The fourth-order valence-electron chi connectivity index (χ4n) is 9.44. The number of ketones is 2. The second-order valence-electron chi connectivity index (χ2n) is 17.2. The molecule has 0 bridgehead atoms. The Kier molecular flexibility index (Phi) is 13.8. The van der Waals surface area contributed by atoms with Crippen LogP contribution in [0.3, 0.4) is 0 Å². The van der Waals surface area contributed by atoms with E-state index in [1.807, 2.05) is 51.3 Å². The van der Waals surface area contributed by atoms with Gasteiger partial charge in [0.25, 0.3) is 0 Å². The first kappa shape index (κ1) is 42.7. The van der Waals surface area contributed by atoms with Crippen LogP contribution in [-0.4, -0.2) is 97.1 Å². The lowest BCUT2D eigenvalue weighted by Crippen LogP contribution is -2.58. The van der Waals surface area contributed by atoms with Gasteiger partial charge >= 0.3 is 12.1 Å². The molecule has 1 N–H and O–H groups in total. The number of hydrogen-bond acceptors (Lipinski definition) is 11. The maximum Gasteiger partial charge on any atom is 0.410 e. The average Bonchev–Trinajstić information content (AvgIpc) is 3.68. The van der Waals surface area contributed by atoms with Crippen LogP contribution in [0.2, 0.25) is 0 Å². The minimum Gasteiger partial charge on any atom is -0.457 e. The highest BCUT2D eigenvalue weighted by Crippen LogP contribution is 2.43. The van der Waals surface area contributed by atoms with Crippen molar-refractivity contribution in [1.82, 2.24) is 19.4 Å². The van der Waals surface area contributed by atoms with Crippen LogP contribution in [0.15, 0.2) is 24.7 Å². The summed E-state index contributed by atoms with van der Waals surface area (Å²) in [6, 6.07) is 3.11. The number of unbranched alkanes of at least 4 members (excludes halogenated alkanes) is 1. The van der Waals surface area contributed by atoms with Crippen LogP contribution >= 0.6 is 0 Å². The van der Waals surface area contributed by atoms with Gasteiger partial charge in [-0.2, -0.15) is 0 Å². The molecular weight excluding hydrogens is 704 g/mol. The molecule has 0 saturated carbocycles. The SMILES string of the molecule is CCCC1OC(=O)[C@H](C)C(=O)[C@H](C)C(O[C@@H]2O[C@H](C)C[C@H](C(C)C)[C@H]2O)[C@@H](C)C[C@@H](C)C(=O)[C@H](C)[C@@H]2N(CCCCn3cnc4ncccc43)C(=O)O[C@]12C. The summed E-state index contributed by atoms with van der Waals surface area (Å²) < 4.78 is 27.1. The zero-order valence-electron chi connectivity index (χ0n) is 34.5. The average molecular weight is 769 g/mol. The number of aliphatic hydroxyl groups excluding tert-OH is 1. The summed E-state index contributed by atoms with van der Waals surface area (Å²) >= 11 is 0. The van der Waals surface area contributed by atoms with Crippen molar-refractivity contribution in [2.24, 2.45) is 41.4 Å². The standard InChI is InChI=1S/C42H64N4O9/c1-11-15-32-42(10)37(46(41(51)55-42)19-13-12-18-45-22-44-38-31(45)16-14-17-43-38)28(8)33(47)24(4)20-25(5)36(27(7)34(48)29(9)39(50)53-32)54-40-35(49)30(23(2)3)21-26(6)52-40/h14,16-17,22-30,32,35-37,40,49H,11-13,15,18-21H2,1-10H3/t24-,25+,26-,27+,28+,29-,30-,32?,35-,36?,37+,40+,42-/m1/s1. The Morgan fingerprint density at radius 2 is 1.69 bits per heavy atom. The lowest BCUT2D eigenvalue weighted by Gasteiger charge is -2.43. The molecule has 0 aromatic carbocycles. The van der Waals surface area contributed by atoms with E-state index in [1.165, 1.54) is 0 Å². The number of fused-ring (bicyclic) bond motifs is 2. The van der Waals surface area contributed by atoms with Crippen molar-refractivity contribution in [3.05, 3.63) is 24.7 Å². The van der Waals surface area contributed by atoms with E-state index in [0.29, 0.717) is 50.8 Å². The number of aryl methyl sites for hydroxylation is 1. The Hall–Kier alpha value is -3.42. The molecule has 0 aliphatic carbocycles. The molecule has 3 saturated heterocycles. The largest absolute Gasteiger partial charge is 0.457 e. The summed E-state index contributed by atoms with van der Waals surface area (Å²) in [5.74, 6) is -4.43. The molecule has 306 valence electrons. The van der Waals surface area contributed by atoms with Crippen molar-refractivity contribution in [3.63, 3.8) is 0 Å². The molecule has 2 aromatic heterocycles. The second kappa shape index (κ2) is 17.8. The van der Waals surface area contributed by atoms with Gasteiger partial charge in [0, 0.05) is 37.0 Å². The quantitative estimate of drug-likeness (QED) is 0.162. The molecule has 13 atom stereocenters. The summed E-state index contributed by atoms with van der Waals surface area (Å²) in [7, 11) is 0. The van der Waals surface area contributed by atoms with Crippen molar-refractivity contribution in [1.29, 1.82) is 0 Å². The molecule has 0 radical (unpaired) electrons. The molecule has 0 spiro atoms. The molecule has 1 amide bonds. The number of carbonyl (C=O) groups excluding carboxylic acids is 4. The van der Waals surface area contributed by atoms with Crippen molar-refractivity contribution in [2.45, 2.75) is 157 Å². The maximum absolute atomic E-state index is 14.6. The van der Waals surface area contributed by atoms with Crippen molar-refractivity contribution in [3.8, 4) is 0 Å². The van der Waals surface area contributed by atoms with Gasteiger partial charge < -0.3 is 33.5 Å². The first-order chi connectivity index (χ1) is 26.0. The van der Waals surface area contributed by atoms with E-state index in [9.17, 15) is 24.3 Å². The molecule has 5 heterocycles. The molecule has 13 nitrogen and oxygen atoms in total. The highest BCUT2D eigenvalue weighted by Gasteiger charge is 2.60. The topological polar surface area (TPSA) is 159 Å². The normalized spacial score (nSPS) is 36.8. The Labute approximate surface area is 326 Å². The highest BCUT2D eigenvalue weighted by atomic mass is 16.7. The van der Waals surface area contributed by atoms with Crippen molar-refractivity contribution < 1.29 is 43.2 Å². The van der Waals surface area contributed by atoms with E-state index >= 15 is 0 Å². The lowest BCUT2D eigenvalue weighted by molar-refractivity contribution is -0.282. The molecular formula is C42H64N4O9. The second-order valence-corrected chi connectivity index (χ2v) is 17.2. The number of aliphatic hydroxyl groups is 1. The van der Waals surface area contributed by atoms with Crippen LogP contribution < -0.4 is 0 Å². The maximum atomic E-state index is 14.6. The number of amides is 1. The number of cyclic esters (lactones) is 1. The van der Waals surface area contributed by atoms with Gasteiger partial charge in [0.1, 0.15) is 23.9 Å². The number of rotatable bonds is 10. The fraction of sp³-hybridized carbons (Fsp3) is 0.762. The summed E-state index contributed by atoms with van der Waals surface area (Å²) in [4.78, 5) is 66.8. The number of esters is 1. The van der Waals surface area contributed by atoms with E-state index in [0.717, 1.165) is 11.9 Å². The number of Topliss-reactive ketones (excluding diaryl/α,β-unsaturated/α-hetero) is 2. The van der Waals surface area contributed by atoms with Gasteiger partial charge in [0.05, 0.1) is 30.1 Å². The van der Waals surface area contributed by atoms with E-state index < -0.39 is 72.0 Å². The Balaban J connectivity index is 1.43. The van der Waals surface area contributed by atoms with Gasteiger partial charge in [0.15, 0.2) is 23.3 Å². The Morgan fingerprint density at radius 1 is 0.982 bits per heavy atom. The minimum atomic E-state index is -1.35. The van der Waals surface area contributed by atoms with Gasteiger partial charge in [-0.15, -0.1) is 0 Å². The Bertz CT molecular complexity index is 1660. The van der Waals surface area contributed by atoms with E-state index in [1.54, 1.807) is 38.2 Å². The number of carbonyl (C=O) groups is 4. The van der Waals surface area contributed by atoms with Crippen LogP contribution in [0.25, 0.3) is 11.2 Å². The van der Waals surface area contributed by atoms with E-state index in [2.05, 4.69) is 23.8 Å². The third kappa shape index (κ3) is 8.94. The first-order valence-corrected chi connectivity index (χ1v) is 20.5. The number of nitrogens with zero attached hydrogens (tertiary/aromatic N) is 4. The summed E-state index contributed by atoms with van der Waals surface area (Å²) in [6.07, 6.45) is 2.59. The van der Waals surface area contributed by atoms with Crippen LogP contribution in [0.5, 0.6) is 0 Å². The zero-order chi connectivity index (χ0) is 40.4. The lowest BCUT2D eigenvalue weighted by atomic mass is 9.74. The molecule has 2 unspecified atom stereocenters. The van der Waals surface area contributed by atoms with Crippen LogP contribution in [0, 0.1) is 41.4 Å². The third-order valence-electron chi connectivity index (χ3n) is 12.6. The number of aromatic nitrogens is 3. The molecule has 3 aliphatic rings. The summed E-state index contributed by atoms with van der Waals surface area (Å²) in [5, 5.41) is 11.4. The zero-order valence-corrected chi connectivity index (χ0v) is 34.5. The van der Waals surface area contributed by atoms with Crippen LogP contribution in [-0.2, 0) is 39.9 Å². The minimum absolute atomic E-state index is 0.0593. The number of hydrogen-bond donors (Lipinski definition) is 1. The molecule has 55 heavy (non-hydrogen) atoms. The van der Waals surface area contributed by atoms with E-state index in [-0.39, 0.29) is 35.4 Å². The van der Waals surface area contributed by atoms with Crippen LogP contribution in [0.1, 0.15) is 108 Å². The number of ether oxygens (including phenoxy) is 4.